The van der Waals surface area contributed by atoms with Crippen molar-refractivity contribution in [2.24, 2.45) is 0 Å². The van der Waals surface area contributed by atoms with Crippen LogP contribution in [0.1, 0.15) is 11.6 Å². The second-order valence-corrected chi connectivity index (χ2v) is 6.47. The average molecular weight is 365 g/mol. The molecule has 2 aromatic rings. The van der Waals surface area contributed by atoms with Crippen molar-refractivity contribution in [2.45, 2.75) is 6.04 Å². The number of halogens is 2. The molecule has 1 atom stereocenters. The molecule has 0 unspecified atom stereocenters. The fourth-order valence-corrected chi connectivity index (χ4v) is 3.00. The molecule has 1 saturated heterocycles. The molecule has 4 nitrogen and oxygen atoms in total. The van der Waals surface area contributed by atoms with Crippen molar-refractivity contribution in [1.29, 1.82) is 0 Å². The number of nitrogens with one attached hydrogen (secondary N) is 1. The van der Waals surface area contributed by atoms with E-state index >= 15 is 0 Å². The minimum atomic E-state index is -0.387. The van der Waals surface area contributed by atoms with Gasteiger partial charge in [0, 0.05) is 28.8 Å². The molecular formula is C18H18Cl2N2O2. The third-order valence-electron chi connectivity index (χ3n) is 3.96. The highest BCUT2D eigenvalue weighted by molar-refractivity contribution is 6.30. The number of nitrogens with zero attached hydrogens (tertiary/aromatic N) is 1. The van der Waals surface area contributed by atoms with E-state index in [1.165, 1.54) is 0 Å². The zero-order valence-corrected chi connectivity index (χ0v) is 14.6. The van der Waals surface area contributed by atoms with E-state index in [-0.39, 0.29) is 11.9 Å². The molecule has 0 bridgehead atoms. The van der Waals surface area contributed by atoms with Gasteiger partial charge in [-0.25, -0.2) is 0 Å². The van der Waals surface area contributed by atoms with Gasteiger partial charge in [0.05, 0.1) is 13.2 Å². The van der Waals surface area contributed by atoms with Crippen LogP contribution >= 0.6 is 23.2 Å². The summed E-state index contributed by atoms with van der Waals surface area (Å²) in [6.07, 6.45) is 0. The molecule has 0 aromatic heterocycles. The molecule has 6 heteroatoms. The Labute approximate surface area is 151 Å². The van der Waals surface area contributed by atoms with Gasteiger partial charge < -0.3 is 10.1 Å². The van der Waals surface area contributed by atoms with Gasteiger partial charge in [-0.15, -0.1) is 0 Å². The van der Waals surface area contributed by atoms with E-state index in [0.717, 1.165) is 11.3 Å². The van der Waals surface area contributed by atoms with Crippen molar-refractivity contribution >= 4 is 34.8 Å². The number of morpholine rings is 1. The van der Waals surface area contributed by atoms with Crippen molar-refractivity contribution in [3.8, 4) is 0 Å². The van der Waals surface area contributed by atoms with Crippen LogP contribution in [0.15, 0.2) is 48.5 Å². The van der Waals surface area contributed by atoms with Crippen LogP contribution in [0.3, 0.4) is 0 Å². The van der Waals surface area contributed by atoms with Crippen molar-refractivity contribution in [3.63, 3.8) is 0 Å². The third-order valence-corrected chi connectivity index (χ3v) is 4.46. The minimum absolute atomic E-state index is 0.0819. The third kappa shape index (κ3) is 4.28. The monoisotopic (exact) mass is 364 g/mol. The summed E-state index contributed by atoms with van der Waals surface area (Å²) in [6.45, 7) is 2.67. The van der Waals surface area contributed by atoms with E-state index in [0.29, 0.717) is 36.3 Å². The number of benzene rings is 2. The van der Waals surface area contributed by atoms with Crippen LogP contribution in [-0.2, 0) is 9.53 Å². The van der Waals surface area contributed by atoms with E-state index in [1.54, 1.807) is 36.4 Å². The van der Waals surface area contributed by atoms with Gasteiger partial charge >= 0.3 is 0 Å². The van der Waals surface area contributed by atoms with Gasteiger partial charge in [0.1, 0.15) is 6.04 Å². The van der Waals surface area contributed by atoms with Crippen LogP contribution in [0.2, 0.25) is 10.0 Å². The molecule has 3 rings (SSSR count). The van der Waals surface area contributed by atoms with Crippen molar-refractivity contribution in [2.75, 3.05) is 31.6 Å². The topological polar surface area (TPSA) is 41.6 Å². The van der Waals surface area contributed by atoms with Gasteiger partial charge in [-0.05, 0) is 42.0 Å². The lowest BCUT2D eigenvalue weighted by Gasteiger charge is -2.33. The molecule has 126 valence electrons. The molecular weight excluding hydrogens is 347 g/mol. The molecule has 0 saturated carbocycles. The van der Waals surface area contributed by atoms with Crippen LogP contribution in [0, 0.1) is 0 Å². The number of carbonyl (C=O) groups is 1. The summed E-state index contributed by atoms with van der Waals surface area (Å²) in [4.78, 5) is 15.0. The number of hydrogen-bond acceptors (Lipinski definition) is 3. The first-order valence-electron chi connectivity index (χ1n) is 7.77. The molecule has 2 aromatic carbocycles. The van der Waals surface area contributed by atoms with E-state index in [4.69, 9.17) is 27.9 Å². The normalized spacial score (nSPS) is 16.6. The van der Waals surface area contributed by atoms with Crippen molar-refractivity contribution in [3.05, 3.63) is 64.1 Å². The van der Waals surface area contributed by atoms with E-state index in [1.807, 2.05) is 12.1 Å². The van der Waals surface area contributed by atoms with E-state index < -0.39 is 0 Å². The summed E-state index contributed by atoms with van der Waals surface area (Å²) in [5, 5.41) is 4.25. The van der Waals surface area contributed by atoms with Gasteiger partial charge in [-0.2, -0.15) is 0 Å². The molecule has 0 aliphatic carbocycles. The van der Waals surface area contributed by atoms with Crippen LogP contribution in [-0.4, -0.2) is 37.1 Å². The van der Waals surface area contributed by atoms with Crippen LogP contribution < -0.4 is 5.32 Å². The van der Waals surface area contributed by atoms with Gasteiger partial charge in [-0.3, -0.25) is 9.69 Å². The Hall–Kier alpha value is -1.59. The van der Waals surface area contributed by atoms with Crippen molar-refractivity contribution < 1.29 is 9.53 Å². The summed E-state index contributed by atoms with van der Waals surface area (Å²) < 4.78 is 5.41. The number of amides is 1. The maximum Gasteiger partial charge on any atom is 0.246 e. The molecule has 24 heavy (non-hydrogen) atoms. The number of hydrogen-bond donors (Lipinski definition) is 1. The van der Waals surface area contributed by atoms with Crippen LogP contribution in [0.25, 0.3) is 0 Å². The Morgan fingerprint density at radius 3 is 2.08 bits per heavy atom. The van der Waals surface area contributed by atoms with E-state index in [9.17, 15) is 4.79 Å². The second kappa shape index (κ2) is 7.99. The standard InChI is InChI=1S/C18H18Cl2N2O2/c19-14-3-1-13(2-4-14)17(22-9-11-24-12-10-22)18(23)21-16-7-5-15(20)6-8-16/h1-8,17H,9-12H2,(H,21,23)/t17-/m1/s1. The fourth-order valence-electron chi connectivity index (χ4n) is 2.75. The SMILES string of the molecule is O=C(Nc1ccc(Cl)cc1)[C@@H](c1ccc(Cl)cc1)N1CCOCC1. The summed E-state index contributed by atoms with van der Waals surface area (Å²) in [5.74, 6) is -0.0819. The molecule has 1 heterocycles. The first-order valence-corrected chi connectivity index (χ1v) is 8.53. The highest BCUT2D eigenvalue weighted by Gasteiger charge is 2.29. The van der Waals surface area contributed by atoms with Gasteiger partial charge in [-0.1, -0.05) is 35.3 Å². The lowest BCUT2D eigenvalue weighted by molar-refractivity contribution is -0.123. The summed E-state index contributed by atoms with van der Waals surface area (Å²) in [6, 6.07) is 14.1. The molecule has 1 aliphatic heterocycles. The number of rotatable bonds is 4. The fraction of sp³-hybridized carbons (Fsp3) is 0.278. The summed E-state index contributed by atoms with van der Waals surface area (Å²) in [5.41, 5.74) is 1.63. The van der Waals surface area contributed by atoms with E-state index in [2.05, 4.69) is 10.2 Å². The Morgan fingerprint density at radius 1 is 0.958 bits per heavy atom. The lowest BCUT2D eigenvalue weighted by Crippen LogP contribution is -2.43. The van der Waals surface area contributed by atoms with Crippen LogP contribution in [0.4, 0.5) is 5.69 Å². The Kier molecular flexibility index (Phi) is 5.74. The molecule has 0 spiro atoms. The minimum Gasteiger partial charge on any atom is -0.379 e. The quantitative estimate of drug-likeness (QED) is 0.890. The predicted octanol–water partition coefficient (Wildman–Crippen LogP) is 4.01. The van der Waals surface area contributed by atoms with Gasteiger partial charge in [0.25, 0.3) is 0 Å². The zero-order valence-electron chi connectivity index (χ0n) is 13.0. The van der Waals surface area contributed by atoms with Crippen molar-refractivity contribution in [1.82, 2.24) is 4.90 Å². The Balaban J connectivity index is 1.83. The number of carbonyl (C=O) groups excluding carboxylic acids is 1. The first-order chi connectivity index (χ1) is 11.6. The Bertz CT molecular complexity index is 683. The maximum atomic E-state index is 12.9. The lowest BCUT2D eigenvalue weighted by atomic mass is 10.0. The highest BCUT2D eigenvalue weighted by atomic mass is 35.5. The summed E-state index contributed by atoms with van der Waals surface area (Å²) >= 11 is 11.9. The molecule has 1 fully saturated rings. The molecule has 0 radical (unpaired) electrons. The zero-order chi connectivity index (χ0) is 16.9. The van der Waals surface area contributed by atoms with Crippen LogP contribution in [0.5, 0.6) is 0 Å². The first kappa shape index (κ1) is 17.2. The summed E-state index contributed by atoms with van der Waals surface area (Å²) in [7, 11) is 0. The predicted molar refractivity (Wildman–Crippen MR) is 96.7 cm³/mol. The van der Waals surface area contributed by atoms with Gasteiger partial charge in [0.15, 0.2) is 0 Å². The molecule has 1 N–H and O–H groups in total. The highest BCUT2D eigenvalue weighted by Crippen LogP contribution is 2.25. The molecule has 1 aliphatic rings. The smallest absolute Gasteiger partial charge is 0.246 e. The average Bonchev–Trinajstić information content (AvgIpc) is 2.60. The van der Waals surface area contributed by atoms with Gasteiger partial charge in [0.2, 0.25) is 5.91 Å². The number of ether oxygens (including phenoxy) is 1. The largest absolute Gasteiger partial charge is 0.379 e. The number of anilines is 1. The maximum absolute atomic E-state index is 12.9. The Morgan fingerprint density at radius 2 is 1.50 bits per heavy atom. The second-order valence-electron chi connectivity index (χ2n) is 5.60. The molecule has 1 amide bonds.